The Kier molecular flexibility index (Phi) is 12.0. The quantitative estimate of drug-likeness (QED) is 0.260. The van der Waals surface area contributed by atoms with E-state index < -0.39 is 0 Å². The molecule has 0 aliphatic heterocycles. The topological polar surface area (TPSA) is 116 Å². The zero-order chi connectivity index (χ0) is 25.5. The molecule has 0 bridgehead atoms. The molecule has 2 rings (SSSR count). The van der Waals surface area contributed by atoms with E-state index in [0.717, 1.165) is 32.1 Å². The number of amides is 4. The fourth-order valence-electron chi connectivity index (χ4n) is 3.40. The van der Waals surface area contributed by atoms with E-state index in [9.17, 15) is 19.2 Å². The van der Waals surface area contributed by atoms with Gasteiger partial charge in [-0.2, -0.15) is 0 Å². The molecule has 35 heavy (non-hydrogen) atoms. The van der Waals surface area contributed by atoms with Gasteiger partial charge in [0.1, 0.15) is 0 Å². The SMILES string of the molecule is CCC(=O)Nc1cccc(NC(=O)CCCCCCCC(=O)Nc2cccc(NC(=O)CC)c2)c1. The first-order chi connectivity index (χ1) is 16.9. The van der Waals surface area contributed by atoms with Crippen LogP contribution in [0.4, 0.5) is 22.7 Å². The number of hydrogen-bond acceptors (Lipinski definition) is 4. The maximum atomic E-state index is 12.2. The number of nitrogens with one attached hydrogen (secondary N) is 4. The normalized spacial score (nSPS) is 10.3. The van der Waals surface area contributed by atoms with Crippen LogP contribution in [0.5, 0.6) is 0 Å². The molecular formula is C27H36N4O4. The molecule has 2 aromatic rings. The van der Waals surface area contributed by atoms with Crippen molar-refractivity contribution < 1.29 is 19.2 Å². The van der Waals surface area contributed by atoms with E-state index in [1.807, 2.05) is 0 Å². The maximum Gasteiger partial charge on any atom is 0.224 e. The lowest BCUT2D eigenvalue weighted by Crippen LogP contribution is -2.13. The number of benzene rings is 2. The molecule has 4 N–H and O–H groups in total. The van der Waals surface area contributed by atoms with Crippen LogP contribution in [0.1, 0.15) is 71.6 Å². The molecule has 0 radical (unpaired) electrons. The van der Waals surface area contributed by atoms with E-state index in [0.29, 0.717) is 48.4 Å². The Labute approximate surface area is 207 Å². The zero-order valence-electron chi connectivity index (χ0n) is 20.6. The molecule has 2 aromatic carbocycles. The summed E-state index contributed by atoms with van der Waals surface area (Å²) in [4.78, 5) is 47.4. The second-order valence-corrected chi connectivity index (χ2v) is 8.33. The molecule has 4 amide bonds. The van der Waals surface area contributed by atoms with Gasteiger partial charge in [-0.1, -0.05) is 45.2 Å². The fourth-order valence-corrected chi connectivity index (χ4v) is 3.40. The monoisotopic (exact) mass is 480 g/mol. The van der Waals surface area contributed by atoms with Crippen molar-refractivity contribution >= 4 is 46.4 Å². The van der Waals surface area contributed by atoms with Gasteiger partial charge in [0.05, 0.1) is 0 Å². The van der Waals surface area contributed by atoms with Crippen LogP contribution < -0.4 is 21.3 Å². The van der Waals surface area contributed by atoms with Crippen LogP contribution in [0.15, 0.2) is 48.5 Å². The van der Waals surface area contributed by atoms with Crippen molar-refractivity contribution in [1.29, 1.82) is 0 Å². The van der Waals surface area contributed by atoms with Crippen LogP contribution in [0.2, 0.25) is 0 Å². The standard InChI is InChI=1S/C27H36N4O4/c1-3-24(32)28-20-12-10-14-22(18-20)30-26(34)16-8-6-5-7-9-17-27(35)31-23-15-11-13-21(19-23)29-25(33)4-2/h10-15,18-19H,3-9,16-17H2,1-2H3,(H,28,32)(H,29,33)(H,30,34)(H,31,35). The molecule has 0 fully saturated rings. The molecule has 0 saturated carbocycles. The molecule has 0 aliphatic rings. The molecule has 0 unspecified atom stereocenters. The largest absolute Gasteiger partial charge is 0.326 e. The first-order valence-electron chi connectivity index (χ1n) is 12.3. The molecule has 0 spiro atoms. The van der Waals surface area contributed by atoms with Gasteiger partial charge in [-0.05, 0) is 49.2 Å². The summed E-state index contributed by atoms with van der Waals surface area (Å²) in [7, 11) is 0. The fraction of sp³-hybridized carbons (Fsp3) is 0.407. The van der Waals surface area contributed by atoms with Crippen LogP contribution in [0.25, 0.3) is 0 Å². The average molecular weight is 481 g/mol. The summed E-state index contributed by atoms with van der Waals surface area (Å²) < 4.78 is 0. The number of carbonyl (C=O) groups is 4. The van der Waals surface area contributed by atoms with Gasteiger partial charge in [-0.3, -0.25) is 19.2 Å². The van der Waals surface area contributed by atoms with Crippen molar-refractivity contribution in [2.45, 2.75) is 71.6 Å². The highest BCUT2D eigenvalue weighted by Gasteiger charge is 2.06. The second kappa shape index (κ2) is 15.3. The molecule has 0 atom stereocenters. The Balaban J connectivity index is 1.58. The first-order valence-corrected chi connectivity index (χ1v) is 12.3. The van der Waals surface area contributed by atoms with Crippen molar-refractivity contribution in [3.05, 3.63) is 48.5 Å². The molecule has 0 aromatic heterocycles. The third-order valence-electron chi connectivity index (χ3n) is 5.31. The van der Waals surface area contributed by atoms with Crippen molar-refractivity contribution in [2.75, 3.05) is 21.3 Å². The van der Waals surface area contributed by atoms with Gasteiger partial charge in [0.15, 0.2) is 0 Å². The van der Waals surface area contributed by atoms with Gasteiger partial charge in [0.25, 0.3) is 0 Å². The number of rotatable bonds is 14. The van der Waals surface area contributed by atoms with E-state index in [1.54, 1.807) is 62.4 Å². The molecule has 8 heteroatoms. The molecule has 188 valence electrons. The lowest BCUT2D eigenvalue weighted by molar-refractivity contribution is -0.117. The zero-order valence-corrected chi connectivity index (χ0v) is 20.6. The molecule has 0 saturated heterocycles. The number of unbranched alkanes of at least 4 members (excludes halogenated alkanes) is 4. The number of hydrogen-bond donors (Lipinski definition) is 4. The van der Waals surface area contributed by atoms with Gasteiger partial charge in [0.2, 0.25) is 23.6 Å². The van der Waals surface area contributed by atoms with Crippen LogP contribution >= 0.6 is 0 Å². The summed E-state index contributed by atoms with van der Waals surface area (Å²) >= 11 is 0. The Morgan fingerprint density at radius 2 is 0.829 bits per heavy atom. The van der Waals surface area contributed by atoms with E-state index in [-0.39, 0.29) is 23.6 Å². The predicted molar refractivity (Wildman–Crippen MR) is 140 cm³/mol. The highest BCUT2D eigenvalue weighted by Crippen LogP contribution is 2.17. The van der Waals surface area contributed by atoms with E-state index in [1.165, 1.54) is 0 Å². The summed E-state index contributed by atoms with van der Waals surface area (Å²) in [5, 5.41) is 11.3. The van der Waals surface area contributed by atoms with Crippen LogP contribution in [0.3, 0.4) is 0 Å². The molecular weight excluding hydrogens is 444 g/mol. The summed E-state index contributed by atoms with van der Waals surface area (Å²) in [6, 6.07) is 14.2. The summed E-state index contributed by atoms with van der Waals surface area (Å²) in [5.41, 5.74) is 2.64. The Bertz CT molecular complexity index is 927. The minimum Gasteiger partial charge on any atom is -0.326 e. The van der Waals surface area contributed by atoms with Gasteiger partial charge >= 0.3 is 0 Å². The van der Waals surface area contributed by atoms with Gasteiger partial charge in [0, 0.05) is 48.4 Å². The van der Waals surface area contributed by atoms with Crippen molar-refractivity contribution in [3.8, 4) is 0 Å². The third kappa shape index (κ3) is 11.3. The highest BCUT2D eigenvalue weighted by molar-refractivity contribution is 5.94. The van der Waals surface area contributed by atoms with Crippen molar-refractivity contribution in [2.24, 2.45) is 0 Å². The first kappa shape index (κ1) is 27.6. The van der Waals surface area contributed by atoms with E-state index >= 15 is 0 Å². The van der Waals surface area contributed by atoms with Gasteiger partial charge in [-0.25, -0.2) is 0 Å². The van der Waals surface area contributed by atoms with Gasteiger partial charge < -0.3 is 21.3 Å². The predicted octanol–water partition coefficient (Wildman–Crippen LogP) is 5.69. The third-order valence-corrected chi connectivity index (χ3v) is 5.31. The highest BCUT2D eigenvalue weighted by atomic mass is 16.2. The van der Waals surface area contributed by atoms with Crippen LogP contribution in [-0.2, 0) is 19.2 Å². The van der Waals surface area contributed by atoms with Crippen LogP contribution in [0, 0.1) is 0 Å². The number of carbonyl (C=O) groups excluding carboxylic acids is 4. The van der Waals surface area contributed by atoms with Crippen molar-refractivity contribution in [3.63, 3.8) is 0 Å². The minimum absolute atomic E-state index is 0.0549. The van der Waals surface area contributed by atoms with E-state index in [2.05, 4.69) is 21.3 Å². The summed E-state index contributed by atoms with van der Waals surface area (Å²) in [6.07, 6.45) is 6.00. The molecule has 0 aliphatic carbocycles. The van der Waals surface area contributed by atoms with E-state index in [4.69, 9.17) is 0 Å². The summed E-state index contributed by atoms with van der Waals surface area (Å²) in [5.74, 6) is -0.253. The smallest absolute Gasteiger partial charge is 0.224 e. The Hall–Kier alpha value is -3.68. The lowest BCUT2D eigenvalue weighted by atomic mass is 10.1. The summed E-state index contributed by atoms with van der Waals surface area (Å²) in [6.45, 7) is 3.57. The average Bonchev–Trinajstić information content (AvgIpc) is 2.83. The lowest BCUT2D eigenvalue weighted by Gasteiger charge is -2.09. The van der Waals surface area contributed by atoms with Crippen LogP contribution in [-0.4, -0.2) is 23.6 Å². The number of anilines is 4. The molecule has 0 heterocycles. The second-order valence-electron chi connectivity index (χ2n) is 8.33. The van der Waals surface area contributed by atoms with Gasteiger partial charge in [-0.15, -0.1) is 0 Å². The molecule has 8 nitrogen and oxygen atoms in total. The maximum absolute atomic E-state index is 12.2. The Morgan fingerprint density at radius 3 is 1.17 bits per heavy atom. The van der Waals surface area contributed by atoms with Crippen molar-refractivity contribution in [1.82, 2.24) is 0 Å². The Morgan fingerprint density at radius 1 is 0.514 bits per heavy atom. The minimum atomic E-state index is -0.0717.